The molecule has 1 aliphatic heterocycles. The van der Waals surface area contributed by atoms with Gasteiger partial charge in [-0.25, -0.2) is 9.69 Å². The molecule has 9 heteroatoms. The molecular weight excluding hydrogens is 511 g/mol. The summed E-state index contributed by atoms with van der Waals surface area (Å²) in [5.41, 5.74) is 3.19. The van der Waals surface area contributed by atoms with Crippen LogP contribution >= 0.6 is 34.8 Å². The average Bonchev–Trinajstić information content (AvgIpc) is 2.81. The van der Waals surface area contributed by atoms with E-state index in [9.17, 15) is 14.4 Å². The topological polar surface area (TPSA) is 75.7 Å². The molecule has 1 heterocycles. The van der Waals surface area contributed by atoms with Crippen molar-refractivity contribution in [3.05, 3.63) is 97.5 Å². The number of nitrogens with zero attached hydrogens (tertiary/aromatic N) is 1. The highest BCUT2D eigenvalue weighted by atomic mass is 35.5. The average molecular weight is 530 g/mol. The van der Waals surface area contributed by atoms with Crippen LogP contribution in [0.25, 0.3) is 6.08 Å². The van der Waals surface area contributed by atoms with Gasteiger partial charge in [0.15, 0.2) is 0 Å². The Morgan fingerprint density at radius 3 is 2.40 bits per heavy atom. The number of barbiturate groups is 1. The smallest absolute Gasteiger partial charge is 0.335 e. The number of nitrogens with one attached hydrogen (secondary N) is 1. The largest absolute Gasteiger partial charge is 0.487 e. The molecule has 1 N–H and O–H groups in total. The molecule has 1 aliphatic rings. The molecule has 6 nitrogen and oxygen atoms in total. The summed E-state index contributed by atoms with van der Waals surface area (Å²) < 4.78 is 5.76. The zero-order chi connectivity index (χ0) is 25.3. The van der Waals surface area contributed by atoms with E-state index in [0.29, 0.717) is 27.0 Å². The van der Waals surface area contributed by atoms with E-state index in [2.05, 4.69) is 5.32 Å². The first-order valence-corrected chi connectivity index (χ1v) is 11.6. The van der Waals surface area contributed by atoms with Gasteiger partial charge in [-0.3, -0.25) is 14.9 Å². The number of imide groups is 2. The van der Waals surface area contributed by atoms with Gasteiger partial charge in [0.2, 0.25) is 0 Å². The minimum absolute atomic E-state index is 0.189. The molecular formula is C26H19Cl3N2O4. The quantitative estimate of drug-likeness (QED) is 0.302. The summed E-state index contributed by atoms with van der Waals surface area (Å²) in [6.45, 7) is 3.90. The lowest BCUT2D eigenvalue weighted by atomic mass is 10.0. The van der Waals surface area contributed by atoms with E-state index in [4.69, 9.17) is 39.5 Å². The number of carbonyl (C=O) groups is 3. The Bertz CT molecular complexity index is 1400. The summed E-state index contributed by atoms with van der Waals surface area (Å²) >= 11 is 18.3. The number of benzene rings is 3. The molecule has 178 valence electrons. The fourth-order valence-corrected chi connectivity index (χ4v) is 4.10. The molecule has 0 bridgehead atoms. The summed E-state index contributed by atoms with van der Waals surface area (Å²) in [5.74, 6) is -1.09. The van der Waals surface area contributed by atoms with Crippen LogP contribution in [0.15, 0.2) is 60.2 Å². The number of carbonyl (C=O) groups excluding carboxylic acids is 3. The lowest BCUT2D eigenvalue weighted by molar-refractivity contribution is -0.122. The number of hydrogen-bond acceptors (Lipinski definition) is 4. The van der Waals surface area contributed by atoms with Crippen molar-refractivity contribution < 1.29 is 19.1 Å². The van der Waals surface area contributed by atoms with Crippen LogP contribution in [0.1, 0.15) is 22.3 Å². The number of amides is 4. The van der Waals surface area contributed by atoms with Gasteiger partial charge < -0.3 is 4.74 Å². The van der Waals surface area contributed by atoms with Crippen molar-refractivity contribution in [2.75, 3.05) is 4.90 Å². The predicted octanol–water partition coefficient (Wildman–Crippen LogP) is 6.51. The predicted molar refractivity (Wildman–Crippen MR) is 137 cm³/mol. The van der Waals surface area contributed by atoms with Gasteiger partial charge in [0.05, 0.1) is 20.8 Å². The molecule has 0 saturated carbocycles. The summed E-state index contributed by atoms with van der Waals surface area (Å²) in [4.78, 5) is 39.1. The second-order valence-corrected chi connectivity index (χ2v) is 9.13. The SMILES string of the molecule is Cc1cccc(N2C(=O)NC(=O)/C(=C\c3ccc(OCc4ccc(Cl)c(Cl)c4)c(Cl)c3)C2=O)c1C. The normalized spacial score (nSPS) is 14.9. The van der Waals surface area contributed by atoms with Crippen LogP contribution in [0.3, 0.4) is 0 Å². The molecule has 0 aliphatic carbocycles. The van der Waals surface area contributed by atoms with Gasteiger partial charge in [0.25, 0.3) is 11.8 Å². The molecule has 0 aromatic heterocycles. The highest BCUT2D eigenvalue weighted by molar-refractivity contribution is 6.42. The van der Waals surface area contributed by atoms with Gasteiger partial charge in [-0.05, 0) is 72.5 Å². The monoisotopic (exact) mass is 528 g/mol. The first kappa shape index (κ1) is 24.8. The van der Waals surface area contributed by atoms with Crippen LogP contribution in [-0.2, 0) is 16.2 Å². The number of halogens is 3. The summed E-state index contributed by atoms with van der Waals surface area (Å²) in [5, 5.41) is 3.38. The highest BCUT2D eigenvalue weighted by Gasteiger charge is 2.37. The van der Waals surface area contributed by atoms with Crippen molar-refractivity contribution >= 4 is 64.4 Å². The Hall–Kier alpha value is -3.32. The zero-order valence-electron chi connectivity index (χ0n) is 18.7. The Labute approximate surface area is 217 Å². The van der Waals surface area contributed by atoms with Crippen LogP contribution < -0.4 is 15.0 Å². The molecule has 0 radical (unpaired) electrons. The third-order valence-corrected chi connectivity index (χ3v) is 6.60. The minimum atomic E-state index is -0.796. The molecule has 4 amide bonds. The van der Waals surface area contributed by atoms with E-state index in [0.717, 1.165) is 21.6 Å². The maximum Gasteiger partial charge on any atom is 0.335 e. The van der Waals surface area contributed by atoms with Gasteiger partial charge in [-0.2, -0.15) is 0 Å². The van der Waals surface area contributed by atoms with Crippen molar-refractivity contribution in [1.29, 1.82) is 0 Å². The van der Waals surface area contributed by atoms with Crippen LogP contribution in [0.4, 0.5) is 10.5 Å². The number of rotatable bonds is 5. The molecule has 1 saturated heterocycles. The summed E-state index contributed by atoms with van der Waals surface area (Å²) in [6, 6.07) is 14.5. The molecule has 3 aromatic carbocycles. The van der Waals surface area contributed by atoms with Crippen molar-refractivity contribution in [3.8, 4) is 5.75 Å². The first-order chi connectivity index (χ1) is 16.7. The summed E-state index contributed by atoms with van der Waals surface area (Å²) in [7, 11) is 0. The molecule has 3 aromatic rings. The van der Waals surface area contributed by atoms with Gasteiger partial charge >= 0.3 is 6.03 Å². The molecule has 1 fully saturated rings. The zero-order valence-corrected chi connectivity index (χ0v) is 21.0. The first-order valence-electron chi connectivity index (χ1n) is 10.5. The minimum Gasteiger partial charge on any atom is -0.487 e. The molecule has 0 atom stereocenters. The van der Waals surface area contributed by atoms with E-state index in [-0.39, 0.29) is 17.2 Å². The lowest BCUT2D eigenvalue weighted by Crippen LogP contribution is -2.54. The Morgan fingerprint density at radius 2 is 1.69 bits per heavy atom. The fraction of sp³-hybridized carbons (Fsp3) is 0.115. The number of anilines is 1. The van der Waals surface area contributed by atoms with Gasteiger partial charge in [-0.1, -0.05) is 59.1 Å². The Morgan fingerprint density at radius 1 is 0.914 bits per heavy atom. The van der Waals surface area contributed by atoms with Gasteiger partial charge in [0, 0.05) is 0 Å². The van der Waals surface area contributed by atoms with E-state index in [1.54, 1.807) is 48.5 Å². The van der Waals surface area contributed by atoms with Crippen LogP contribution in [0.5, 0.6) is 5.75 Å². The second kappa shape index (κ2) is 10.1. The third-order valence-electron chi connectivity index (χ3n) is 5.56. The molecule has 0 unspecified atom stereocenters. The molecule has 0 spiro atoms. The Kier molecular flexibility index (Phi) is 7.17. The third kappa shape index (κ3) is 5.20. The lowest BCUT2D eigenvalue weighted by Gasteiger charge is -2.28. The van der Waals surface area contributed by atoms with Crippen LogP contribution in [-0.4, -0.2) is 17.8 Å². The highest BCUT2D eigenvalue weighted by Crippen LogP contribution is 2.30. The van der Waals surface area contributed by atoms with Crippen LogP contribution in [0.2, 0.25) is 15.1 Å². The van der Waals surface area contributed by atoms with E-state index in [1.165, 1.54) is 6.08 Å². The van der Waals surface area contributed by atoms with Gasteiger partial charge in [0.1, 0.15) is 17.9 Å². The van der Waals surface area contributed by atoms with E-state index >= 15 is 0 Å². The number of aryl methyl sites for hydroxylation is 1. The number of hydrogen-bond donors (Lipinski definition) is 1. The van der Waals surface area contributed by atoms with Crippen molar-refractivity contribution in [2.24, 2.45) is 0 Å². The van der Waals surface area contributed by atoms with Crippen molar-refractivity contribution in [1.82, 2.24) is 5.32 Å². The maximum absolute atomic E-state index is 13.2. The summed E-state index contributed by atoms with van der Waals surface area (Å²) in [6.07, 6.45) is 1.39. The van der Waals surface area contributed by atoms with Crippen LogP contribution in [0, 0.1) is 13.8 Å². The van der Waals surface area contributed by atoms with Crippen molar-refractivity contribution in [3.63, 3.8) is 0 Å². The fourth-order valence-electron chi connectivity index (χ4n) is 3.54. The number of ether oxygens (including phenoxy) is 1. The second-order valence-electron chi connectivity index (χ2n) is 7.90. The molecule has 4 rings (SSSR count). The maximum atomic E-state index is 13.2. The molecule has 35 heavy (non-hydrogen) atoms. The van der Waals surface area contributed by atoms with Crippen molar-refractivity contribution in [2.45, 2.75) is 20.5 Å². The Balaban J connectivity index is 1.58. The van der Waals surface area contributed by atoms with Gasteiger partial charge in [-0.15, -0.1) is 0 Å². The van der Waals surface area contributed by atoms with E-state index < -0.39 is 17.8 Å². The van der Waals surface area contributed by atoms with E-state index in [1.807, 2.05) is 19.9 Å². The standard InChI is InChI=1S/C26H19Cl3N2O4/c1-14-4-3-5-22(15(14)2)31-25(33)18(24(32)30-26(31)34)10-16-7-9-23(21(29)11-16)35-13-17-6-8-19(27)20(28)12-17/h3-12H,13H2,1-2H3,(H,30,32,34)/b18-10+. The number of urea groups is 1.